The van der Waals surface area contributed by atoms with E-state index in [0.717, 1.165) is 0 Å². The summed E-state index contributed by atoms with van der Waals surface area (Å²) in [6.07, 6.45) is 1.59. The molecule has 0 amide bonds. The van der Waals surface area contributed by atoms with Crippen LogP contribution in [-0.2, 0) is 11.2 Å². The van der Waals surface area contributed by atoms with Gasteiger partial charge in [0, 0.05) is 30.4 Å². The lowest BCUT2D eigenvalue weighted by Gasteiger charge is -2.04. The minimum atomic E-state index is -1.08. The van der Waals surface area contributed by atoms with Crippen LogP contribution in [0, 0.1) is 0 Å². The van der Waals surface area contributed by atoms with Crippen molar-refractivity contribution in [2.75, 3.05) is 0 Å². The molecule has 0 aliphatic carbocycles. The zero-order valence-corrected chi connectivity index (χ0v) is 6.86. The van der Waals surface area contributed by atoms with Gasteiger partial charge in [-0.05, 0) is 0 Å². The predicted molar refractivity (Wildman–Crippen MR) is 46.4 cm³/mol. The first-order valence-corrected chi connectivity index (χ1v) is 3.75. The number of aromatic nitrogens is 1. The van der Waals surface area contributed by atoms with Crippen LogP contribution in [0.5, 0.6) is 0 Å². The molecule has 4 N–H and O–H groups in total. The summed E-state index contributed by atoms with van der Waals surface area (Å²) in [4.78, 5) is 24.0. The summed E-state index contributed by atoms with van der Waals surface area (Å²) in [5.41, 5.74) is 5.65. The van der Waals surface area contributed by atoms with Gasteiger partial charge in [0.2, 0.25) is 0 Å². The van der Waals surface area contributed by atoms with Crippen molar-refractivity contribution in [3.63, 3.8) is 0 Å². The first-order chi connectivity index (χ1) is 6.09. The van der Waals surface area contributed by atoms with Crippen molar-refractivity contribution in [2.24, 2.45) is 5.73 Å². The standard InChI is InChI=1S/C8H10N2O3/c9-7(8(12)13)4-5-3-6(11)1-2-10-5/h1-3,7H,4,9H2,(H,10,11)(H,12,13). The molecule has 0 bridgehead atoms. The molecule has 0 saturated heterocycles. The number of hydrogen-bond donors (Lipinski definition) is 3. The minimum absolute atomic E-state index is 0.130. The second kappa shape index (κ2) is 3.86. The third-order valence-corrected chi connectivity index (χ3v) is 1.59. The van der Waals surface area contributed by atoms with E-state index in [2.05, 4.69) is 4.98 Å². The number of aromatic amines is 1. The highest BCUT2D eigenvalue weighted by molar-refractivity contribution is 5.73. The van der Waals surface area contributed by atoms with Gasteiger partial charge in [-0.15, -0.1) is 0 Å². The second-order valence-corrected chi connectivity index (χ2v) is 2.70. The molecule has 5 heteroatoms. The summed E-state index contributed by atoms with van der Waals surface area (Å²) in [6, 6.07) is 1.72. The number of nitrogens with one attached hydrogen (secondary N) is 1. The maximum absolute atomic E-state index is 10.8. The van der Waals surface area contributed by atoms with Crippen molar-refractivity contribution in [1.82, 2.24) is 4.98 Å². The van der Waals surface area contributed by atoms with Crippen LogP contribution in [0.1, 0.15) is 5.69 Å². The molecule has 0 radical (unpaired) electrons. The van der Waals surface area contributed by atoms with E-state index in [4.69, 9.17) is 10.8 Å². The highest BCUT2D eigenvalue weighted by Gasteiger charge is 2.11. The zero-order chi connectivity index (χ0) is 9.84. The van der Waals surface area contributed by atoms with Crippen molar-refractivity contribution >= 4 is 5.97 Å². The quantitative estimate of drug-likeness (QED) is 0.577. The highest BCUT2D eigenvalue weighted by atomic mass is 16.4. The Bertz CT molecular complexity index is 358. The van der Waals surface area contributed by atoms with Crippen LogP contribution >= 0.6 is 0 Å². The molecule has 1 heterocycles. The molecule has 0 aromatic carbocycles. The highest BCUT2D eigenvalue weighted by Crippen LogP contribution is 1.94. The molecule has 0 saturated carbocycles. The Morgan fingerprint density at radius 2 is 2.38 bits per heavy atom. The topological polar surface area (TPSA) is 96.2 Å². The maximum Gasteiger partial charge on any atom is 0.320 e. The Labute approximate surface area is 74.2 Å². The van der Waals surface area contributed by atoms with Gasteiger partial charge < -0.3 is 15.8 Å². The Hall–Kier alpha value is -1.62. The van der Waals surface area contributed by atoms with E-state index >= 15 is 0 Å². The van der Waals surface area contributed by atoms with Crippen molar-refractivity contribution in [2.45, 2.75) is 12.5 Å². The number of carboxylic acids is 1. The first kappa shape index (κ1) is 9.47. The van der Waals surface area contributed by atoms with E-state index in [-0.39, 0.29) is 11.8 Å². The zero-order valence-electron chi connectivity index (χ0n) is 6.86. The molecule has 0 aliphatic heterocycles. The Morgan fingerprint density at radius 3 is 2.92 bits per heavy atom. The van der Waals surface area contributed by atoms with Crippen molar-refractivity contribution in [3.05, 3.63) is 34.2 Å². The summed E-state index contributed by atoms with van der Waals surface area (Å²) in [7, 11) is 0. The van der Waals surface area contributed by atoms with E-state index in [0.29, 0.717) is 5.69 Å². The van der Waals surface area contributed by atoms with E-state index in [9.17, 15) is 9.59 Å². The van der Waals surface area contributed by atoms with Crippen LogP contribution in [0.3, 0.4) is 0 Å². The molecule has 1 aromatic heterocycles. The van der Waals surface area contributed by atoms with Gasteiger partial charge >= 0.3 is 5.97 Å². The molecular weight excluding hydrogens is 172 g/mol. The van der Waals surface area contributed by atoms with Gasteiger partial charge in [0.05, 0.1) is 0 Å². The summed E-state index contributed by atoms with van der Waals surface area (Å²) >= 11 is 0. The smallest absolute Gasteiger partial charge is 0.320 e. The molecule has 0 aliphatic rings. The SMILES string of the molecule is NC(Cc1cc(=O)cc[nH]1)C(=O)O. The van der Waals surface area contributed by atoms with Crippen LogP contribution in [0.25, 0.3) is 0 Å². The number of rotatable bonds is 3. The van der Waals surface area contributed by atoms with Gasteiger partial charge in [0.15, 0.2) is 5.43 Å². The largest absolute Gasteiger partial charge is 0.480 e. The summed E-state index contributed by atoms with van der Waals surface area (Å²) in [5, 5.41) is 8.50. The number of nitrogens with two attached hydrogens (primary N) is 1. The number of H-pyrrole nitrogens is 1. The molecule has 1 atom stereocenters. The fourth-order valence-electron chi connectivity index (χ4n) is 0.934. The van der Waals surface area contributed by atoms with Gasteiger partial charge in [-0.1, -0.05) is 0 Å². The van der Waals surface area contributed by atoms with E-state index in [1.54, 1.807) is 0 Å². The van der Waals surface area contributed by atoms with E-state index < -0.39 is 12.0 Å². The molecule has 1 unspecified atom stereocenters. The maximum atomic E-state index is 10.8. The van der Waals surface area contributed by atoms with Gasteiger partial charge in [0.1, 0.15) is 6.04 Å². The molecular formula is C8H10N2O3. The molecule has 0 spiro atoms. The summed E-state index contributed by atoms with van der Waals surface area (Å²) in [6.45, 7) is 0. The lowest BCUT2D eigenvalue weighted by atomic mass is 10.1. The fraction of sp³-hybridized carbons (Fsp3) is 0.250. The lowest BCUT2D eigenvalue weighted by molar-refractivity contribution is -0.138. The number of aliphatic carboxylic acids is 1. The third-order valence-electron chi connectivity index (χ3n) is 1.59. The predicted octanol–water partition coefficient (Wildman–Crippen LogP) is -0.671. The van der Waals surface area contributed by atoms with E-state index in [1.165, 1.54) is 18.3 Å². The van der Waals surface area contributed by atoms with Gasteiger partial charge in [-0.3, -0.25) is 9.59 Å². The number of pyridine rings is 1. The van der Waals surface area contributed by atoms with Gasteiger partial charge in [-0.2, -0.15) is 0 Å². The number of hydrogen-bond acceptors (Lipinski definition) is 3. The second-order valence-electron chi connectivity index (χ2n) is 2.70. The molecule has 1 rings (SSSR count). The summed E-state index contributed by atoms with van der Waals surface area (Å²) in [5.74, 6) is -1.08. The molecule has 1 aromatic rings. The summed E-state index contributed by atoms with van der Waals surface area (Å²) < 4.78 is 0. The lowest BCUT2D eigenvalue weighted by Crippen LogP contribution is -2.32. The van der Waals surface area contributed by atoms with Crippen molar-refractivity contribution in [3.8, 4) is 0 Å². The van der Waals surface area contributed by atoms with Crippen LogP contribution in [0.15, 0.2) is 23.1 Å². The average Bonchev–Trinajstić information content (AvgIpc) is 2.04. The monoisotopic (exact) mass is 182 g/mol. The number of carboxylic acid groups (broad SMARTS) is 1. The Morgan fingerprint density at radius 1 is 1.69 bits per heavy atom. The average molecular weight is 182 g/mol. The fourth-order valence-corrected chi connectivity index (χ4v) is 0.934. The molecule has 13 heavy (non-hydrogen) atoms. The van der Waals surface area contributed by atoms with E-state index in [1.807, 2.05) is 0 Å². The van der Waals surface area contributed by atoms with Gasteiger partial charge in [0.25, 0.3) is 0 Å². The van der Waals surface area contributed by atoms with Crippen LogP contribution < -0.4 is 11.2 Å². The molecule has 0 fully saturated rings. The third kappa shape index (κ3) is 2.72. The Balaban J connectivity index is 2.75. The Kier molecular flexibility index (Phi) is 2.81. The van der Waals surface area contributed by atoms with Crippen LogP contribution in [-0.4, -0.2) is 22.1 Å². The van der Waals surface area contributed by atoms with Crippen LogP contribution in [0.4, 0.5) is 0 Å². The van der Waals surface area contributed by atoms with Gasteiger partial charge in [-0.25, -0.2) is 0 Å². The van der Waals surface area contributed by atoms with Crippen LogP contribution in [0.2, 0.25) is 0 Å². The number of carbonyl (C=O) groups is 1. The molecule has 5 nitrogen and oxygen atoms in total. The first-order valence-electron chi connectivity index (χ1n) is 3.75. The molecule has 70 valence electrons. The van der Waals surface area contributed by atoms with Crippen molar-refractivity contribution < 1.29 is 9.90 Å². The minimum Gasteiger partial charge on any atom is -0.480 e. The van der Waals surface area contributed by atoms with Crippen molar-refractivity contribution in [1.29, 1.82) is 0 Å². The normalized spacial score (nSPS) is 12.4.